The van der Waals surface area contributed by atoms with Crippen molar-refractivity contribution in [3.63, 3.8) is 0 Å². The maximum Gasteiger partial charge on any atom is 0.170 e. The SMILES string of the molecule is O=c1cccccc1[O-].[CH3-].[CH3-].[CH3-].[Sn]. The summed E-state index contributed by atoms with van der Waals surface area (Å²) in [6.07, 6.45) is 0. The Hall–Kier alpha value is -0.511. The molecule has 74 valence electrons. The minimum atomic E-state index is -0.458. The molecule has 0 spiro atoms. The van der Waals surface area contributed by atoms with Gasteiger partial charge in [-0.25, -0.2) is 0 Å². The van der Waals surface area contributed by atoms with Crippen LogP contribution in [-0.4, -0.2) is 23.9 Å². The van der Waals surface area contributed by atoms with Crippen molar-refractivity contribution in [3.8, 4) is 5.75 Å². The summed E-state index contributed by atoms with van der Waals surface area (Å²) in [5, 5.41) is 10.5. The standard InChI is InChI=1S/C7H6O2.3CH3.Sn/c8-6-4-2-1-3-5-7(6)9;;;;/h1-5H,(H,8,9);3*1H3;/q;3*-1;/p-1. The average molecular weight is 285 g/mol. The Morgan fingerprint density at radius 3 is 1.92 bits per heavy atom. The third-order valence-electron chi connectivity index (χ3n) is 0.960. The molecule has 0 aliphatic heterocycles. The smallest absolute Gasteiger partial charge is 0.170 e. The molecule has 0 unspecified atom stereocenters. The molecular weight excluding hydrogens is 271 g/mol. The molecule has 0 atom stereocenters. The van der Waals surface area contributed by atoms with E-state index in [2.05, 4.69) is 0 Å². The topological polar surface area (TPSA) is 40.1 Å². The van der Waals surface area contributed by atoms with Gasteiger partial charge >= 0.3 is 0 Å². The summed E-state index contributed by atoms with van der Waals surface area (Å²) < 4.78 is 0. The fraction of sp³-hybridized carbons (Fsp3) is 0. The van der Waals surface area contributed by atoms with Crippen molar-refractivity contribution in [1.82, 2.24) is 0 Å². The maximum atomic E-state index is 10.5. The monoisotopic (exact) mass is 286 g/mol. The minimum absolute atomic E-state index is 0. The molecular formula is C10H14O2Sn-4. The van der Waals surface area contributed by atoms with Crippen LogP contribution >= 0.6 is 0 Å². The van der Waals surface area contributed by atoms with Crippen LogP contribution in [0.1, 0.15) is 0 Å². The van der Waals surface area contributed by atoms with E-state index in [1.807, 2.05) is 0 Å². The maximum absolute atomic E-state index is 10.5. The second-order valence-corrected chi connectivity index (χ2v) is 1.64. The molecule has 0 N–H and O–H groups in total. The van der Waals surface area contributed by atoms with Crippen molar-refractivity contribution in [2.45, 2.75) is 0 Å². The van der Waals surface area contributed by atoms with Crippen LogP contribution in [0, 0.1) is 22.3 Å². The molecule has 0 aliphatic carbocycles. The van der Waals surface area contributed by atoms with E-state index in [9.17, 15) is 9.90 Å². The summed E-state index contributed by atoms with van der Waals surface area (Å²) in [6, 6.07) is 7.24. The van der Waals surface area contributed by atoms with Gasteiger partial charge in [-0.2, -0.15) is 0 Å². The van der Waals surface area contributed by atoms with E-state index in [4.69, 9.17) is 0 Å². The second-order valence-electron chi connectivity index (χ2n) is 1.64. The molecule has 0 saturated carbocycles. The zero-order chi connectivity index (χ0) is 6.69. The molecule has 1 aromatic carbocycles. The normalized spacial score (nSPS) is 6.15. The van der Waals surface area contributed by atoms with Gasteiger partial charge in [0.15, 0.2) is 5.43 Å². The first-order valence-electron chi connectivity index (χ1n) is 2.57. The molecule has 0 aliphatic rings. The Bertz CT molecular complexity index is 261. The van der Waals surface area contributed by atoms with Gasteiger partial charge < -0.3 is 27.4 Å². The van der Waals surface area contributed by atoms with E-state index < -0.39 is 11.2 Å². The van der Waals surface area contributed by atoms with Gasteiger partial charge in [0.2, 0.25) is 0 Å². The van der Waals surface area contributed by atoms with Gasteiger partial charge in [-0.15, -0.1) is 0 Å². The Labute approximate surface area is 97.6 Å². The molecule has 0 heterocycles. The van der Waals surface area contributed by atoms with Crippen LogP contribution in [0.4, 0.5) is 0 Å². The molecule has 2 nitrogen and oxygen atoms in total. The quantitative estimate of drug-likeness (QED) is 0.529. The van der Waals surface area contributed by atoms with Crippen molar-refractivity contribution >= 4 is 23.9 Å². The third kappa shape index (κ3) is 7.84. The fourth-order valence-electron chi connectivity index (χ4n) is 0.514. The van der Waals surface area contributed by atoms with E-state index in [1.54, 1.807) is 18.2 Å². The van der Waals surface area contributed by atoms with Gasteiger partial charge in [0.1, 0.15) is 0 Å². The van der Waals surface area contributed by atoms with Crippen molar-refractivity contribution in [2.24, 2.45) is 0 Å². The predicted octanol–water partition coefficient (Wildman–Crippen LogP) is 1.09. The van der Waals surface area contributed by atoms with Gasteiger partial charge in [-0.05, 0) is 6.07 Å². The first-order chi connectivity index (χ1) is 4.30. The van der Waals surface area contributed by atoms with Crippen LogP contribution in [0.25, 0.3) is 0 Å². The van der Waals surface area contributed by atoms with Gasteiger partial charge in [-0.3, -0.25) is 4.79 Å². The van der Waals surface area contributed by atoms with Crippen LogP contribution in [0.5, 0.6) is 5.75 Å². The summed E-state index contributed by atoms with van der Waals surface area (Å²) in [5.74, 6) is -0.458. The summed E-state index contributed by atoms with van der Waals surface area (Å²) in [7, 11) is 0. The predicted molar refractivity (Wildman–Crippen MR) is 57.2 cm³/mol. The van der Waals surface area contributed by atoms with Gasteiger partial charge in [-0.1, -0.05) is 30.0 Å². The molecule has 1 rings (SSSR count). The van der Waals surface area contributed by atoms with Crippen LogP contribution in [0.2, 0.25) is 0 Å². The van der Waals surface area contributed by atoms with E-state index >= 15 is 0 Å². The van der Waals surface area contributed by atoms with Gasteiger partial charge in [0.25, 0.3) is 0 Å². The van der Waals surface area contributed by atoms with Crippen molar-refractivity contribution < 1.29 is 5.11 Å². The molecule has 1 aromatic rings. The summed E-state index contributed by atoms with van der Waals surface area (Å²) in [5.41, 5.74) is -0.458. The molecule has 3 heteroatoms. The van der Waals surface area contributed by atoms with E-state index in [-0.39, 0.29) is 46.2 Å². The van der Waals surface area contributed by atoms with Gasteiger partial charge in [0, 0.05) is 23.9 Å². The first-order valence-corrected chi connectivity index (χ1v) is 2.57. The molecule has 4 radical (unpaired) electrons. The van der Waals surface area contributed by atoms with E-state index in [0.29, 0.717) is 0 Å². The van der Waals surface area contributed by atoms with E-state index in [1.165, 1.54) is 12.1 Å². The fourth-order valence-corrected chi connectivity index (χ4v) is 0.514. The zero-order valence-electron chi connectivity index (χ0n) is 8.20. The number of rotatable bonds is 0. The molecule has 0 bridgehead atoms. The zero-order valence-corrected chi connectivity index (χ0v) is 11.1. The summed E-state index contributed by atoms with van der Waals surface area (Å²) >= 11 is 0. The molecule has 13 heavy (non-hydrogen) atoms. The molecule has 0 fully saturated rings. The molecule has 0 saturated heterocycles. The largest absolute Gasteiger partial charge is 0.870 e. The summed E-state index contributed by atoms with van der Waals surface area (Å²) in [4.78, 5) is 10.5. The Morgan fingerprint density at radius 1 is 0.923 bits per heavy atom. The number of hydrogen-bond donors (Lipinski definition) is 0. The van der Waals surface area contributed by atoms with Crippen molar-refractivity contribution in [1.29, 1.82) is 0 Å². The summed E-state index contributed by atoms with van der Waals surface area (Å²) in [6.45, 7) is 0. The Balaban J connectivity index is -0.000000101. The third-order valence-corrected chi connectivity index (χ3v) is 0.960. The van der Waals surface area contributed by atoms with Crippen molar-refractivity contribution in [3.05, 3.63) is 62.8 Å². The van der Waals surface area contributed by atoms with Crippen LogP contribution in [0.3, 0.4) is 0 Å². The Morgan fingerprint density at radius 2 is 1.38 bits per heavy atom. The number of hydrogen-bond acceptors (Lipinski definition) is 2. The molecule has 0 aromatic heterocycles. The molecule has 0 amide bonds. The minimum Gasteiger partial charge on any atom is -0.870 e. The first kappa shape index (κ1) is 22.9. The van der Waals surface area contributed by atoms with E-state index in [0.717, 1.165) is 0 Å². The van der Waals surface area contributed by atoms with Crippen LogP contribution in [0.15, 0.2) is 35.1 Å². The second kappa shape index (κ2) is 11.5. The van der Waals surface area contributed by atoms with Gasteiger partial charge in [0.05, 0.1) is 0 Å². The Kier molecular flexibility index (Phi) is 20.2. The average Bonchev–Trinajstić information content (AvgIpc) is 1.99. The van der Waals surface area contributed by atoms with Crippen LogP contribution in [-0.2, 0) is 0 Å². The van der Waals surface area contributed by atoms with Crippen molar-refractivity contribution in [2.75, 3.05) is 0 Å². The van der Waals surface area contributed by atoms with Crippen LogP contribution < -0.4 is 10.5 Å².